The van der Waals surface area contributed by atoms with E-state index in [0.717, 1.165) is 6.54 Å². The van der Waals surface area contributed by atoms with Crippen molar-refractivity contribution >= 4 is 28.0 Å². The highest BCUT2D eigenvalue weighted by Crippen LogP contribution is 2.31. The Kier molecular flexibility index (Phi) is 12.9. The van der Waals surface area contributed by atoms with E-state index in [1.165, 1.54) is 11.1 Å². The molecule has 0 saturated heterocycles. The van der Waals surface area contributed by atoms with Crippen LogP contribution in [0.2, 0.25) is 0 Å². The first-order valence-electron chi connectivity index (χ1n) is 16.7. The van der Waals surface area contributed by atoms with E-state index in [-0.39, 0.29) is 0 Å². The maximum Gasteiger partial charge on any atom is 0.200 e. The SMILES string of the molecule is CC(C)c1ccc(C[n+]2ccccc2)cc1.Fc1c(F)c(F)c([B-](c2c(F)c(F)c(F)c(F)c2F)(c2c(F)c(F)c(F)c(F)c2F)c2c(F)c(F)c(F)c(F)c2F)c(F)c1F. The van der Waals surface area contributed by atoms with E-state index in [1.54, 1.807) is 0 Å². The van der Waals surface area contributed by atoms with Crippen LogP contribution in [0.1, 0.15) is 30.9 Å². The molecule has 61 heavy (non-hydrogen) atoms. The lowest BCUT2D eigenvalue weighted by Crippen LogP contribution is -2.81. The maximum atomic E-state index is 15.4. The van der Waals surface area contributed by atoms with Gasteiger partial charge in [-0.05, 0) is 11.5 Å². The molecule has 0 spiro atoms. The van der Waals surface area contributed by atoms with Crippen LogP contribution in [0.3, 0.4) is 0 Å². The Hall–Kier alpha value is -6.09. The van der Waals surface area contributed by atoms with Crippen molar-refractivity contribution in [1.29, 1.82) is 0 Å². The standard InChI is InChI=1S/C24BF20.C15H18N/c26-5-1(6(27)14(35)21(42)13(5)34)25(2-7(28)15(36)22(43)16(37)8(2)29,3-9(30)17(38)23(44)18(39)10(3)31)4-11(32)19(40)24(45)20(41)12(4)33;1-13(2)15-8-6-14(7-9-15)12-16-10-4-3-5-11-16/h;3-11,13H,12H2,1-2H3/q-1;+1. The first-order valence-corrected chi connectivity index (χ1v) is 16.7. The molecule has 6 aromatic rings. The number of pyridine rings is 1. The van der Waals surface area contributed by atoms with Gasteiger partial charge in [-0.1, -0.05) is 44.2 Å². The third-order valence-electron chi connectivity index (χ3n) is 9.50. The molecule has 0 unspecified atom stereocenters. The van der Waals surface area contributed by atoms with Crippen LogP contribution >= 0.6 is 0 Å². The molecule has 1 nitrogen and oxygen atoms in total. The normalized spacial score (nSPS) is 11.7. The highest BCUT2D eigenvalue weighted by molar-refractivity contribution is 7.20. The third kappa shape index (κ3) is 7.42. The molecule has 1 aromatic heterocycles. The van der Waals surface area contributed by atoms with Gasteiger partial charge in [0.05, 0.1) is 0 Å². The second-order valence-corrected chi connectivity index (χ2v) is 13.2. The number of hydrogen-bond donors (Lipinski definition) is 0. The fourth-order valence-corrected chi connectivity index (χ4v) is 6.63. The quantitative estimate of drug-likeness (QED) is 0.0496. The fraction of sp³-hybridized carbons (Fsp3) is 0.103. The van der Waals surface area contributed by atoms with Gasteiger partial charge in [-0.2, -0.15) is 0 Å². The number of benzene rings is 5. The largest absolute Gasteiger partial charge is 0.207 e. The molecule has 0 amide bonds. The molecular weight excluding hydrogens is 873 g/mol. The van der Waals surface area contributed by atoms with Crippen LogP contribution in [-0.2, 0) is 6.54 Å². The lowest BCUT2D eigenvalue weighted by atomic mass is 9.12. The summed E-state index contributed by atoms with van der Waals surface area (Å²) in [5.41, 5.74) is -11.6. The van der Waals surface area contributed by atoms with Gasteiger partial charge in [-0.15, -0.1) is 21.9 Å². The van der Waals surface area contributed by atoms with Gasteiger partial charge in [0.1, 0.15) is 52.7 Å². The van der Waals surface area contributed by atoms with Gasteiger partial charge in [0.2, 0.25) is 0 Å². The fourth-order valence-electron chi connectivity index (χ4n) is 6.63. The Morgan fingerprint density at radius 2 is 0.574 bits per heavy atom. The predicted molar refractivity (Wildman–Crippen MR) is 175 cm³/mol. The van der Waals surface area contributed by atoms with Gasteiger partial charge in [-0.25, -0.2) is 92.4 Å². The van der Waals surface area contributed by atoms with Crippen LogP contribution in [0, 0.1) is 116 Å². The van der Waals surface area contributed by atoms with Crippen molar-refractivity contribution in [3.8, 4) is 0 Å². The van der Waals surface area contributed by atoms with Crippen molar-refractivity contribution in [2.45, 2.75) is 26.3 Å². The minimum Gasteiger partial charge on any atom is -0.207 e. The zero-order valence-electron chi connectivity index (χ0n) is 30.1. The van der Waals surface area contributed by atoms with E-state index >= 15 is 35.1 Å². The lowest BCUT2D eigenvalue weighted by Gasteiger charge is -2.44. The van der Waals surface area contributed by atoms with Crippen LogP contribution < -0.4 is 26.4 Å². The van der Waals surface area contributed by atoms with Gasteiger partial charge in [0, 0.05) is 17.7 Å². The Morgan fingerprint density at radius 3 is 0.803 bits per heavy atom. The monoisotopic (exact) mass is 891 g/mol. The molecule has 0 aliphatic heterocycles. The molecular formula is C39H18BF20N. The molecule has 0 fully saturated rings. The smallest absolute Gasteiger partial charge is 0.200 e. The zero-order valence-corrected chi connectivity index (χ0v) is 30.1. The van der Waals surface area contributed by atoms with Crippen molar-refractivity contribution in [3.05, 3.63) is 182 Å². The Morgan fingerprint density at radius 1 is 0.344 bits per heavy atom. The van der Waals surface area contributed by atoms with Gasteiger partial charge >= 0.3 is 0 Å². The van der Waals surface area contributed by atoms with Crippen LogP contribution in [-0.4, -0.2) is 6.15 Å². The predicted octanol–water partition coefficient (Wildman–Crippen LogP) is 8.99. The number of nitrogens with zero attached hydrogens (tertiary/aromatic N) is 1. The highest BCUT2D eigenvalue weighted by atomic mass is 19.2. The second kappa shape index (κ2) is 17.1. The third-order valence-corrected chi connectivity index (χ3v) is 9.50. The maximum absolute atomic E-state index is 15.4. The second-order valence-electron chi connectivity index (χ2n) is 13.2. The first kappa shape index (κ1) is 46.0. The number of rotatable bonds is 7. The molecule has 322 valence electrons. The summed E-state index contributed by atoms with van der Waals surface area (Å²) in [6.45, 7) is 5.39. The molecule has 0 aliphatic rings. The van der Waals surface area contributed by atoms with Crippen LogP contribution in [0.5, 0.6) is 0 Å². The average Bonchev–Trinajstić information content (AvgIpc) is 3.24. The Labute approximate surface area is 329 Å². The van der Waals surface area contributed by atoms with E-state index in [9.17, 15) is 52.7 Å². The minimum absolute atomic E-state index is 0.610. The van der Waals surface area contributed by atoms with Crippen LogP contribution in [0.4, 0.5) is 87.8 Å². The number of hydrogen-bond acceptors (Lipinski definition) is 0. The van der Waals surface area contributed by atoms with E-state index in [4.69, 9.17) is 0 Å². The van der Waals surface area contributed by atoms with Crippen LogP contribution in [0.25, 0.3) is 0 Å². The highest BCUT2D eigenvalue weighted by Gasteiger charge is 2.52. The van der Waals surface area contributed by atoms with E-state index in [1.807, 2.05) is 6.07 Å². The Bertz CT molecular complexity index is 2310. The summed E-state index contributed by atoms with van der Waals surface area (Å²) in [6.07, 6.45) is -3.03. The number of halogens is 20. The van der Waals surface area contributed by atoms with E-state index < -0.39 is 144 Å². The van der Waals surface area contributed by atoms with Gasteiger partial charge in [-0.3, -0.25) is 0 Å². The van der Waals surface area contributed by atoms with E-state index in [0.29, 0.717) is 5.92 Å². The van der Waals surface area contributed by atoms with Crippen molar-refractivity contribution in [3.63, 3.8) is 0 Å². The molecule has 0 N–H and O–H groups in total. The summed E-state index contributed by atoms with van der Waals surface area (Å²) in [5.74, 6) is -70.8. The van der Waals surface area contributed by atoms with Gasteiger partial charge in [0.25, 0.3) is 0 Å². The summed E-state index contributed by atoms with van der Waals surface area (Å²) >= 11 is 0. The molecule has 1 heterocycles. The summed E-state index contributed by atoms with van der Waals surface area (Å²) < 4.78 is 296. The van der Waals surface area contributed by atoms with Gasteiger partial charge < -0.3 is 0 Å². The zero-order chi connectivity index (χ0) is 45.7. The molecule has 0 saturated carbocycles. The molecule has 0 aliphatic carbocycles. The molecule has 22 heteroatoms. The summed E-state index contributed by atoms with van der Waals surface area (Å²) in [4.78, 5) is 0. The summed E-state index contributed by atoms with van der Waals surface area (Å²) in [6, 6.07) is 15.0. The summed E-state index contributed by atoms with van der Waals surface area (Å²) in [5, 5.41) is 0. The minimum atomic E-state index is -7.22. The van der Waals surface area contributed by atoms with Gasteiger partial charge in [0.15, 0.2) is 88.7 Å². The first-order chi connectivity index (χ1) is 28.5. The van der Waals surface area contributed by atoms with Crippen molar-refractivity contribution in [2.24, 2.45) is 0 Å². The molecule has 0 atom stereocenters. The molecule has 0 radical (unpaired) electrons. The Balaban J connectivity index is 0.000000366. The van der Waals surface area contributed by atoms with Crippen molar-refractivity contribution in [2.75, 3.05) is 0 Å². The lowest BCUT2D eigenvalue weighted by molar-refractivity contribution is -0.688. The average molecular weight is 891 g/mol. The summed E-state index contributed by atoms with van der Waals surface area (Å²) in [7, 11) is 0. The van der Waals surface area contributed by atoms with E-state index in [2.05, 4.69) is 67.2 Å². The topological polar surface area (TPSA) is 3.88 Å². The van der Waals surface area contributed by atoms with Crippen molar-refractivity contribution < 1.29 is 92.4 Å². The number of aromatic nitrogens is 1. The van der Waals surface area contributed by atoms with Crippen LogP contribution in [0.15, 0.2) is 54.9 Å². The van der Waals surface area contributed by atoms with Crippen molar-refractivity contribution in [1.82, 2.24) is 0 Å². The molecule has 6 rings (SSSR count). The molecule has 5 aromatic carbocycles. The molecule has 0 bridgehead atoms.